The van der Waals surface area contributed by atoms with Crippen LogP contribution in [0, 0.1) is 0 Å². The Morgan fingerprint density at radius 3 is 2.40 bits per heavy atom. The van der Waals surface area contributed by atoms with Crippen molar-refractivity contribution in [1.82, 2.24) is 5.32 Å². The van der Waals surface area contributed by atoms with Crippen LogP contribution in [0.25, 0.3) is 0 Å². The molecule has 1 amide bonds. The molecule has 7 heteroatoms. The molecule has 0 unspecified atom stereocenters. The predicted molar refractivity (Wildman–Crippen MR) is 75.5 cm³/mol. The Hall–Kier alpha value is -1.08. The number of anilines is 1. The highest BCUT2D eigenvalue weighted by molar-refractivity contribution is 9.10. The Labute approximate surface area is 124 Å². The highest BCUT2D eigenvalue weighted by Crippen LogP contribution is 2.34. The maximum Gasteiger partial charge on any atom is 0.416 e. The molecule has 0 atom stereocenters. The lowest BCUT2D eigenvalue weighted by Gasteiger charge is -2.25. The normalized spacial score (nSPS) is 12.3. The third kappa shape index (κ3) is 4.21. The van der Waals surface area contributed by atoms with Crippen molar-refractivity contribution in [2.45, 2.75) is 32.5 Å². The molecule has 0 aliphatic heterocycles. The van der Waals surface area contributed by atoms with E-state index in [1.165, 1.54) is 6.07 Å². The van der Waals surface area contributed by atoms with Gasteiger partial charge in [0, 0.05) is 4.47 Å². The minimum absolute atomic E-state index is 0.0933. The first kappa shape index (κ1) is 17.0. The van der Waals surface area contributed by atoms with Crippen LogP contribution < -0.4 is 10.6 Å². The smallest absolute Gasteiger partial charge is 0.323 e. The van der Waals surface area contributed by atoms with Gasteiger partial charge in [-0.2, -0.15) is 13.2 Å². The van der Waals surface area contributed by atoms with Gasteiger partial charge in [0.25, 0.3) is 0 Å². The summed E-state index contributed by atoms with van der Waals surface area (Å²) in [4.78, 5) is 12.1. The first-order valence-electron chi connectivity index (χ1n) is 6.01. The number of carbonyl (C=O) groups excluding carboxylic acids is 1. The summed E-state index contributed by atoms with van der Waals surface area (Å²) in [5.74, 6) is -0.403. The average Bonchev–Trinajstić information content (AvgIpc) is 2.30. The van der Waals surface area contributed by atoms with Gasteiger partial charge in [0.15, 0.2) is 0 Å². The molecule has 0 saturated carbocycles. The molecule has 20 heavy (non-hydrogen) atoms. The summed E-state index contributed by atoms with van der Waals surface area (Å²) in [6, 6.07) is 3.12. The molecule has 0 radical (unpaired) electrons. The summed E-state index contributed by atoms with van der Waals surface area (Å²) in [5.41, 5.74) is -1.59. The second-order valence-electron chi connectivity index (χ2n) is 4.80. The summed E-state index contributed by atoms with van der Waals surface area (Å²) in [5, 5.41) is 5.46. The van der Waals surface area contributed by atoms with Crippen LogP contribution >= 0.6 is 15.9 Å². The summed E-state index contributed by atoms with van der Waals surface area (Å²) >= 11 is 3.13. The second kappa shape index (κ2) is 6.13. The van der Waals surface area contributed by atoms with Crippen LogP contribution in [0.1, 0.15) is 26.3 Å². The van der Waals surface area contributed by atoms with Crippen LogP contribution in [0.3, 0.4) is 0 Å². The van der Waals surface area contributed by atoms with Crippen LogP contribution in [0.4, 0.5) is 18.9 Å². The molecule has 0 aliphatic carbocycles. The molecule has 0 heterocycles. The van der Waals surface area contributed by atoms with Gasteiger partial charge >= 0.3 is 6.18 Å². The van der Waals surface area contributed by atoms with E-state index in [1.54, 1.807) is 13.8 Å². The van der Waals surface area contributed by atoms with E-state index in [-0.39, 0.29) is 5.69 Å². The van der Waals surface area contributed by atoms with E-state index < -0.39 is 23.2 Å². The van der Waals surface area contributed by atoms with Crippen LogP contribution in [0.5, 0.6) is 0 Å². The summed E-state index contributed by atoms with van der Waals surface area (Å²) in [6.07, 6.45) is -4.45. The Morgan fingerprint density at radius 2 is 1.90 bits per heavy atom. The van der Waals surface area contributed by atoms with E-state index in [0.717, 1.165) is 12.1 Å². The first-order chi connectivity index (χ1) is 9.08. The molecule has 3 nitrogen and oxygen atoms in total. The molecule has 1 rings (SSSR count). The molecular weight excluding hydrogens is 337 g/mol. The van der Waals surface area contributed by atoms with E-state index in [0.29, 0.717) is 11.0 Å². The molecule has 0 saturated heterocycles. The molecular formula is C13H16BrF3N2O. The van der Waals surface area contributed by atoms with Gasteiger partial charge in [-0.05, 0) is 54.5 Å². The third-order valence-electron chi connectivity index (χ3n) is 2.73. The van der Waals surface area contributed by atoms with Crippen molar-refractivity contribution < 1.29 is 18.0 Å². The third-order valence-corrected chi connectivity index (χ3v) is 3.42. The highest BCUT2D eigenvalue weighted by atomic mass is 79.9. The van der Waals surface area contributed by atoms with Gasteiger partial charge in [0.2, 0.25) is 5.91 Å². The zero-order valence-electron chi connectivity index (χ0n) is 11.4. The van der Waals surface area contributed by atoms with E-state index in [2.05, 4.69) is 26.6 Å². The fourth-order valence-corrected chi connectivity index (χ4v) is 1.94. The lowest BCUT2D eigenvalue weighted by atomic mass is 10.0. The average molecular weight is 353 g/mol. The van der Waals surface area contributed by atoms with Crippen LogP contribution in [-0.4, -0.2) is 18.0 Å². The van der Waals surface area contributed by atoms with Crippen molar-refractivity contribution in [3.63, 3.8) is 0 Å². The quantitative estimate of drug-likeness (QED) is 0.865. The number of alkyl halides is 3. The molecule has 0 bridgehead atoms. The van der Waals surface area contributed by atoms with Crippen molar-refractivity contribution in [2.24, 2.45) is 0 Å². The van der Waals surface area contributed by atoms with E-state index in [4.69, 9.17) is 0 Å². The van der Waals surface area contributed by atoms with Gasteiger partial charge in [-0.25, -0.2) is 0 Å². The van der Waals surface area contributed by atoms with Gasteiger partial charge < -0.3 is 10.6 Å². The van der Waals surface area contributed by atoms with Gasteiger partial charge in [-0.1, -0.05) is 6.92 Å². The van der Waals surface area contributed by atoms with Crippen molar-refractivity contribution >= 4 is 27.5 Å². The van der Waals surface area contributed by atoms with Crippen molar-refractivity contribution in [3.8, 4) is 0 Å². The van der Waals surface area contributed by atoms with Crippen molar-refractivity contribution in [2.75, 3.05) is 11.9 Å². The topological polar surface area (TPSA) is 41.1 Å². The number of halogens is 4. The van der Waals surface area contributed by atoms with Crippen LogP contribution in [0.15, 0.2) is 22.7 Å². The SMILES string of the molecule is CCNC(C)(C)C(=O)Nc1cc(C(F)(F)F)ccc1Br. The zero-order chi connectivity index (χ0) is 15.6. The number of benzene rings is 1. The second-order valence-corrected chi connectivity index (χ2v) is 5.66. The molecule has 2 N–H and O–H groups in total. The maximum atomic E-state index is 12.7. The van der Waals surface area contributed by atoms with Crippen LogP contribution in [0.2, 0.25) is 0 Å². The Bertz CT molecular complexity index is 501. The largest absolute Gasteiger partial charge is 0.416 e. The monoisotopic (exact) mass is 352 g/mol. The number of carbonyl (C=O) groups is 1. The molecule has 1 aromatic rings. The Kier molecular flexibility index (Phi) is 5.21. The van der Waals surface area contributed by atoms with Gasteiger partial charge in [-0.15, -0.1) is 0 Å². The van der Waals surface area contributed by atoms with E-state index >= 15 is 0 Å². The summed E-state index contributed by atoms with van der Waals surface area (Å²) in [7, 11) is 0. The number of nitrogens with one attached hydrogen (secondary N) is 2. The minimum atomic E-state index is -4.45. The van der Waals surface area contributed by atoms with Crippen molar-refractivity contribution in [1.29, 1.82) is 0 Å². The number of rotatable bonds is 4. The van der Waals surface area contributed by atoms with E-state index in [9.17, 15) is 18.0 Å². The number of amides is 1. The fourth-order valence-electron chi connectivity index (χ4n) is 1.60. The fraction of sp³-hybridized carbons (Fsp3) is 0.462. The molecule has 0 spiro atoms. The zero-order valence-corrected chi connectivity index (χ0v) is 12.9. The molecule has 0 aromatic heterocycles. The van der Waals surface area contributed by atoms with Gasteiger partial charge in [-0.3, -0.25) is 4.79 Å². The van der Waals surface area contributed by atoms with Crippen LogP contribution in [-0.2, 0) is 11.0 Å². The number of hydrogen-bond donors (Lipinski definition) is 2. The van der Waals surface area contributed by atoms with Gasteiger partial charge in [0.05, 0.1) is 16.8 Å². The molecule has 0 fully saturated rings. The number of likely N-dealkylation sites (N-methyl/N-ethyl adjacent to an activating group) is 1. The molecule has 0 aliphatic rings. The standard InChI is InChI=1S/C13H16BrF3N2O/c1-4-18-12(2,3)11(20)19-10-7-8(13(15,16)17)5-6-9(10)14/h5-7,18H,4H2,1-3H3,(H,19,20). The predicted octanol–water partition coefficient (Wildman–Crippen LogP) is 3.79. The highest BCUT2D eigenvalue weighted by Gasteiger charge is 2.32. The lowest BCUT2D eigenvalue weighted by molar-refractivity contribution is -0.137. The summed E-state index contributed by atoms with van der Waals surface area (Å²) in [6.45, 7) is 5.74. The molecule has 1 aromatic carbocycles. The van der Waals surface area contributed by atoms with E-state index in [1.807, 2.05) is 6.92 Å². The minimum Gasteiger partial charge on any atom is -0.323 e. The lowest BCUT2D eigenvalue weighted by Crippen LogP contribution is -2.49. The van der Waals surface area contributed by atoms with Gasteiger partial charge in [0.1, 0.15) is 0 Å². The maximum absolute atomic E-state index is 12.7. The summed E-state index contributed by atoms with van der Waals surface area (Å²) < 4.78 is 38.3. The Balaban J connectivity index is 3.01. The van der Waals surface area contributed by atoms with Crippen molar-refractivity contribution in [3.05, 3.63) is 28.2 Å². The first-order valence-corrected chi connectivity index (χ1v) is 6.80. The molecule has 112 valence electrons. The Morgan fingerprint density at radius 1 is 1.30 bits per heavy atom. The number of hydrogen-bond acceptors (Lipinski definition) is 2.